The summed E-state index contributed by atoms with van der Waals surface area (Å²) in [4.78, 5) is 32.5. The Bertz CT molecular complexity index is 1220. The Balaban J connectivity index is 1.56. The average molecular weight is 533 g/mol. The van der Waals surface area contributed by atoms with E-state index in [9.17, 15) is 9.59 Å². The second kappa shape index (κ2) is 11.3. The van der Waals surface area contributed by atoms with Crippen LogP contribution in [0.15, 0.2) is 77.8 Å². The number of aliphatic imine (C=N–C) groups is 1. The van der Waals surface area contributed by atoms with Crippen LogP contribution in [0.3, 0.4) is 0 Å². The van der Waals surface area contributed by atoms with Gasteiger partial charge in [-0.3, -0.25) is 14.5 Å². The van der Waals surface area contributed by atoms with Crippen molar-refractivity contribution >= 4 is 74.9 Å². The van der Waals surface area contributed by atoms with Crippen LogP contribution < -0.4 is 5.32 Å². The van der Waals surface area contributed by atoms with Gasteiger partial charge in [0, 0.05) is 33.7 Å². The van der Waals surface area contributed by atoms with Crippen LogP contribution in [-0.2, 0) is 16.0 Å². The van der Waals surface area contributed by atoms with Gasteiger partial charge in [0.05, 0.1) is 5.69 Å². The molecular formula is C25H20Cl3N3O2S. The predicted molar refractivity (Wildman–Crippen MR) is 141 cm³/mol. The highest BCUT2D eigenvalue weighted by Gasteiger charge is 2.35. The first kappa shape index (κ1) is 24.6. The van der Waals surface area contributed by atoms with Crippen molar-refractivity contribution in [2.45, 2.75) is 18.1 Å². The number of carbonyl (C=O) groups is 2. The van der Waals surface area contributed by atoms with Crippen molar-refractivity contribution in [1.29, 1.82) is 0 Å². The molecule has 0 aliphatic carbocycles. The van der Waals surface area contributed by atoms with Gasteiger partial charge in [0.15, 0.2) is 5.17 Å². The van der Waals surface area contributed by atoms with Crippen LogP contribution >= 0.6 is 46.6 Å². The molecule has 1 N–H and O–H groups in total. The first-order valence-corrected chi connectivity index (χ1v) is 12.5. The summed E-state index contributed by atoms with van der Waals surface area (Å²) in [5, 5.41) is 3.96. The number of thioether (sulfide) groups is 1. The number of carbonyl (C=O) groups excluding carboxylic acids is 2. The predicted octanol–water partition coefficient (Wildman–Crippen LogP) is 6.85. The van der Waals surface area contributed by atoms with Crippen LogP contribution in [-0.4, -0.2) is 33.7 Å². The molecule has 1 atom stereocenters. The number of hydrogen-bond acceptors (Lipinski definition) is 4. The normalized spacial score (nSPS) is 17.1. The third kappa shape index (κ3) is 6.54. The molecule has 0 spiro atoms. The van der Waals surface area contributed by atoms with Crippen molar-refractivity contribution in [3.05, 3.63) is 93.4 Å². The van der Waals surface area contributed by atoms with E-state index in [4.69, 9.17) is 34.8 Å². The van der Waals surface area contributed by atoms with Gasteiger partial charge < -0.3 is 5.32 Å². The molecular weight excluding hydrogens is 513 g/mol. The summed E-state index contributed by atoms with van der Waals surface area (Å²) < 4.78 is 0. The lowest BCUT2D eigenvalue weighted by atomic mass is 10.1. The molecule has 5 nitrogen and oxygen atoms in total. The van der Waals surface area contributed by atoms with Gasteiger partial charge >= 0.3 is 0 Å². The number of amides is 2. The van der Waals surface area contributed by atoms with E-state index in [0.717, 1.165) is 5.56 Å². The van der Waals surface area contributed by atoms with E-state index in [-0.39, 0.29) is 18.2 Å². The molecule has 1 aliphatic heterocycles. The molecule has 9 heteroatoms. The number of nitrogens with zero attached hydrogens (tertiary/aromatic N) is 2. The molecule has 0 aromatic heterocycles. The Morgan fingerprint density at radius 1 is 0.971 bits per heavy atom. The molecule has 174 valence electrons. The fourth-order valence-corrected chi connectivity index (χ4v) is 5.29. The van der Waals surface area contributed by atoms with Crippen molar-refractivity contribution < 1.29 is 9.59 Å². The van der Waals surface area contributed by atoms with Crippen LogP contribution in [0.5, 0.6) is 0 Å². The van der Waals surface area contributed by atoms with E-state index in [1.54, 1.807) is 47.4 Å². The highest BCUT2D eigenvalue weighted by atomic mass is 35.5. The maximum absolute atomic E-state index is 13.1. The summed E-state index contributed by atoms with van der Waals surface area (Å²) >= 11 is 19.5. The van der Waals surface area contributed by atoms with Crippen molar-refractivity contribution in [3.63, 3.8) is 0 Å². The third-order valence-electron chi connectivity index (χ3n) is 5.06. The lowest BCUT2D eigenvalue weighted by molar-refractivity contribution is -0.129. The maximum atomic E-state index is 13.1. The summed E-state index contributed by atoms with van der Waals surface area (Å²) in [6, 6.07) is 21.8. The van der Waals surface area contributed by atoms with Gasteiger partial charge in [-0.15, -0.1) is 0 Å². The average Bonchev–Trinajstić information content (AvgIpc) is 2.78. The van der Waals surface area contributed by atoms with E-state index in [1.807, 2.05) is 30.3 Å². The molecule has 34 heavy (non-hydrogen) atoms. The fraction of sp³-hybridized carbons (Fsp3) is 0.160. The second-order valence-corrected chi connectivity index (χ2v) is 10.1. The van der Waals surface area contributed by atoms with Gasteiger partial charge in [0.1, 0.15) is 5.25 Å². The lowest BCUT2D eigenvalue weighted by Gasteiger charge is -2.32. The minimum Gasteiger partial charge on any atom is -0.325 e. The van der Waals surface area contributed by atoms with E-state index >= 15 is 0 Å². The summed E-state index contributed by atoms with van der Waals surface area (Å²) in [5.41, 5.74) is 2.19. The molecule has 2 amide bonds. The SMILES string of the molecule is O=C(Nc1cc(Cl)cc(Cl)c1)C1CC(=O)N(CCc2ccccc2)C(=Nc2cccc(Cl)c2)S1. The van der Waals surface area contributed by atoms with E-state index < -0.39 is 5.25 Å². The number of anilines is 1. The molecule has 1 aliphatic rings. The topological polar surface area (TPSA) is 61.8 Å². The van der Waals surface area contributed by atoms with E-state index in [1.165, 1.54) is 11.8 Å². The molecule has 0 radical (unpaired) electrons. The minimum atomic E-state index is -0.656. The van der Waals surface area contributed by atoms with Gasteiger partial charge in [-0.25, -0.2) is 4.99 Å². The Hall–Kier alpha value is -2.51. The quantitative estimate of drug-likeness (QED) is 0.378. The van der Waals surface area contributed by atoms with Gasteiger partial charge in [-0.1, -0.05) is 83.0 Å². The largest absolute Gasteiger partial charge is 0.325 e. The van der Waals surface area contributed by atoms with Crippen molar-refractivity contribution in [2.75, 3.05) is 11.9 Å². The third-order valence-corrected chi connectivity index (χ3v) is 6.92. The number of rotatable bonds is 6. The minimum absolute atomic E-state index is 0.0498. The maximum Gasteiger partial charge on any atom is 0.238 e. The molecule has 1 saturated heterocycles. The van der Waals surface area contributed by atoms with Gasteiger partial charge in [-0.2, -0.15) is 0 Å². The summed E-state index contributed by atoms with van der Waals surface area (Å²) in [6.45, 7) is 0.452. The second-order valence-electron chi connectivity index (χ2n) is 7.61. The molecule has 3 aromatic carbocycles. The highest BCUT2D eigenvalue weighted by Crippen LogP contribution is 2.31. The van der Waals surface area contributed by atoms with Gasteiger partial charge in [-0.05, 0) is 48.4 Å². The zero-order valence-electron chi connectivity index (χ0n) is 17.9. The number of amidine groups is 1. The Morgan fingerprint density at radius 3 is 2.41 bits per heavy atom. The van der Waals surface area contributed by atoms with Crippen molar-refractivity contribution in [1.82, 2.24) is 4.90 Å². The van der Waals surface area contributed by atoms with Crippen molar-refractivity contribution in [3.8, 4) is 0 Å². The molecule has 1 fully saturated rings. The summed E-state index contributed by atoms with van der Waals surface area (Å²) in [5.74, 6) is -0.488. The summed E-state index contributed by atoms with van der Waals surface area (Å²) in [6.07, 6.45) is 0.716. The highest BCUT2D eigenvalue weighted by molar-refractivity contribution is 8.15. The molecule has 1 unspecified atom stereocenters. The molecule has 4 rings (SSSR count). The molecule has 1 heterocycles. The zero-order valence-corrected chi connectivity index (χ0v) is 21.0. The van der Waals surface area contributed by atoms with E-state index in [0.29, 0.717) is 44.6 Å². The number of benzene rings is 3. The van der Waals surface area contributed by atoms with Crippen LogP contribution in [0.1, 0.15) is 12.0 Å². The lowest BCUT2D eigenvalue weighted by Crippen LogP contribution is -2.46. The standard InChI is InChI=1S/C25H20Cl3N3O2S/c26-17-7-4-8-20(12-17)30-25-31(10-9-16-5-2-1-3-6-16)23(32)15-22(34-25)24(33)29-21-13-18(27)11-19(28)14-21/h1-8,11-14,22H,9-10,15H2,(H,29,33). The molecule has 0 bridgehead atoms. The smallest absolute Gasteiger partial charge is 0.238 e. The number of hydrogen-bond donors (Lipinski definition) is 1. The fourth-order valence-electron chi connectivity index (χ4n) is 3.45. The monoisotopic (exact) mass is 531 g/mol. The Morgan fingerprint density at radius 2 is 1.71 bits per heavy atom. The van der Waals surface area contributed by atoms with E-state index in [2.05, 4.69) is 10.3 Å². The van der Waals surface area contributed by atoms with Crippen LogP contribution in [0.2, 0.25) is 15.1 Å². The Labute approximate surface area is 217 Å². The van der Waals surface area contributed by atoms with Crippen LogP contribution in [0, 0.1) is 0 Å². The molecule has 0 saturated carbocycles. The van der Waals surface area contributed by atoms with Gasteiger partial charge in [0.25, 0.3) is 0 Å². The number of nitrogens with one attached hydrogen (secondary N) is 1. The van der Waals surface area contributed by atoms with Crippen LogP contribution in [0.4, 0.5) is 11.4 Å². The number of halogens is 3. The zero-order chi connectivity index (χ0) is 24.1. The Kier molecular flexibility index (Phi) is 8.16. The first-order chi connectivity index (χ1) is 16.4. The van der Waals surface area contributed by atoms with Gasteiger partial charge in [0.2, 0.25) is 11.8 Å². The first-order valence-electron chi connectivity index (χ1n) is 10.5. The van der Waals surface area contributed by atoms with Crippen molar-refractivity contribution in [2.24, 2.45) is 4.99 Å². The summed E-state index contributed by atoms with van der Waals surface area (Å²) in [7, 11) is 0. The van der Waals surface area contributed by atoms with Crippen LogP contribution in [0.25, 0.3) is 0 Å². The molecule has 3 aromatic rings.